The maximum absolute atomic E-state index is 13.1. The Bertz CT molecular complexity index is 1660. The van der Waals surface area contributed by atoms with E-state index < -0.39 is 136 Å². The largest absolute Gasteiger partial charge is 0.507 e. The van der Waals surface area contributed by atoms with Crippen molar-refractivity contribution in [2.24, 2.45) is 5.92 Å². The second kappa shape index (κ2) is 17.6. The van der Waals surface area contributed by atoms with Gasteiger partial charge in [-0.25, -0.2) is 0 Å². The van der Waals surface area contributed by atoms with Gasteiger partial charge in [0.25, 0.3) is 0 Å². The molecule has 0 aliphatic carbocycles. The van der Waals surface area contributed by atoms with Crippen LogP contribution in [-0.2, 0) is 23.7 Å². The van der Waals surface area contributed by atoms with Gasteiger partial charge in [0, 0.05) is 18.1 Å². The van der Waals surface area contributed by atoms with Crippen LogP contribution in [0, 0.1) is 5.92 Å². The van der Waals surface area contributed by atoms with Crippen molar-refractivity contribution < 1.29 is 98.9 Å². The Labute approximate surface area is 319 Å². The van der Waals surface area contributed by atoms with Gasteiger partial charge in [-0.2, -0.15) is 0 Å². The number of benzene rings is 2. The first-order valence-corrected chi connectivity index (χ1v) is 17.9. The van der Waals surface area contributed by atoms with E-state index in [0.29, 0.717) is 5.56 Å². The van der Waals surface area contributed by atoms with E-state index in [1.807, 2.05) is 0 Å². The highest BCUT2D eigenvalue weighted by atomic mass is 16.7. The number of fused-ring (bicyclic) bond motifs is 1. The van der Waals surface area contributed by atoms with Gasteiger partial charge in [0.15, 0.2) is 23.6 Å². The summed E-state index contributed by atoms with van der Waals surface area (Å²) in [6.45, 7) is -0.525. The van der Waals surface area contributed by atoms with E-state index in [0.717, 1.165) is 6.07 Å². The Balaban J connectivity index is 1.19. The van der Waals surface area contributed by atoms with Crippen LogP contribution < -0.4 is 14.2 Å². The molecule has 6 rings (SSSR count). The van der Waals surface area contributed by atoms with Crippen LogP contribution >= 0.6 is 0 Å². The van der Waals surface area contributed by atoms with Gasteiger partial charge in [0.1, 0.15) is 83.9 Å². The molecule has 20 nitrogen and oxygen atoms in total. The molecule has 11 N–H and O–H groups in total. The summed E-state index contributed by atoms with van der Waals surface area (Å²) < 4.78 is 45.5. The first-order valence-electron chi connectivity index (χ1n) is 17.9. The van der Waals surface area contributed by atoms with Crippen molar-refractivity contribution in [2.75, 3.05) is 33.5 Å². The number of aromatic hydroxyl groups is 2. The van der Waals surface area contributed by atoms with Crippen LogP contribution in [0.2, 0.25) is 0 Å². The molecular formula is C36H48O20. The van der Waals surface area contributed by atoms with Gasteiger partial charge >= 0.3 is 0 Å². The summed E-state index contributed by atoms with van der Waals surface area (Å²) in [4.78, 5) is 13.1. The van der Waals surface area contributed by atoms with Crippen LogP contribution in [0.1, 0.15) is 35.4 Å². The molecular weight excluding hydrogens is 752 g/mol. The minimum absolute atomic E-state index is 0.0833. The third kappa shape index (κ3) is 8.54. The van der Waals surface area contributed by atoms with E-state index in [9.17, 15) is 61.0 Å². The van der Waals surface area contributed by atoms with Crippen molar-refractivity contribution in [1.82, 2.24) is 0 Å². The lowest BCUT2D eigenvalue weighted by Gasteiger charge is -2.44. The molecule has 3 fully saturated rings. The maximum atomic E-state index is 13.1. The molecule has 0 bridgehead atoms. The standard InChI is InChI=1S/C36H48O20/c1-13-27(41)31(45)34(48)35(52-13)51-12-24-16(10-50-11-25-30(44)32(46)29(43)23(9-37)55-25)28(42)33(47)36(56-24)53-15-6-18(39)26-19(40)8-21(54-22(26)7-15)14-3-4-20(49-2)17(38)5-14/h3-7,13,16,21,23-25,27-39,41-48H,8-12H2,1-2H3/t13?,16-,21?,23?,24?,25-,27+,28?,29-,30?,31+,32?,33?,34?,35-,36-/m1/s1. The number of aliphatic hydroxyl groups excluding tert-OH is 9. The Morgan fingerprint density at radius 2 is 1.41 bits per heavy atom. The van der Waals surface area contributed by atoms with Crippen molar-refractivity contribution in [3.8, 4) is 28.7 Å². The minimum atomic E-state index is -1.80. The summed E-state index contributed by atoms with van der Waals surface area (Å²) in [5.74, 6) is -2.33. The zero-order chi connectivity index (χ0) is 40.6. The van der Waals surface area contributed by atoms with E-state index in [-0.39, 0.29) is 35.0 Å². The number of hydrogen-bond acceptors (Lipinski definition) is 20. The molecule has 0 amide bonds. The molecule has 16 atom stereocenters. The first-order chi connectivity index (χ1) is 26.6. The number of Topliss-reactive ketones (excluding diaryl/α,β-unsaturated/α-hetero) is 1. The van der Waals surface area contributed by atoms with E-state index in [1.54, 1.807) is 6.07 Å². The zero-order valence-corrected chi connectivity index (χ0v) is 30.3. The fraction of sp³-hybridized carbons (Fsp3) is 0.639. The predicted octanol–water partition coefficient (Wildman–Crippen LogP) is -3.04. The molecule has 9 unspecified atom stereocenters. The van der Waals surface area contributed by atoms with Gasteiger partial charge in [-0.1, -0.05) is 6.07 Å². The highest BCUT2D eigenvalue weighted by Gasteiger charge is 2.49. The lowest BCUT2D eigenvalue weighted by Crippen LogP contribution is -2.61. The summed E-state index contributed by atoms with van der Waals surface area (Å²) in [6.07, 6.45) is -21.9. The van der Waals surface area contributed by atoms with Crippen LogP contribution in [0.3, 0.4) is 0 Å². The SMILES string of the molecule is COc1ccc(C2CC(=O)c3c(O)cc(O[C@@H]4OC(CO[C@@H]5OC(C)[C@H](O)[C@H](O)C5O)[C@@H](COC[C@H]5OC(CO)[C@@H](O)C(O)C5O)C(O)C4O)cc3O2)cc1O. The summed E-state index contributed by atoms with van der Waals surface area (Å²) in [5.41, 5.74) is 0.306. The second-order valence-corrected chi connectivity index (χ2v) is 14.2. The lowest BCUT2D eigenvalue weighted by molar-refractivity contribution is -0.316. The summed E-state index contributed by atoms with van der Waals surface area (Å²) in [5, 5.41) is 115. The van der Waals surface area contributed by atoms with Gasteiger partial charge in [0.05, 0.1) is 58.3 Å². The van der Waals surface area contributed by atoms with Crippen LogP contribution in [-0.4, -0.2) is 181 Å². The quantitative estimate of drug-likeness (QED) is 0.102. The molecule has 0 aromatic heterocycles. The summed E-state index contributed by atoms with van der Waals surface area (Å²) in [6, 6.07) is 6.83. The number of aliphatic hydroxyl groups is 9. The molecule has 4 aliphatic rings. The number of phenols is 2. The third-order valence-corrected chi connectivity index (χ3v) is 10.5. The molecule has 2 aromatic carbocycles. The van der Waals surface area contributed by atoms with Gasteiger partial charge in [-0.05, 0) is 24.6 Å². The number of phenolic OH excluding ortho intramolecular Hbond substituents is 2. The van der Waals surface area contributed by atoms with E-state index in [4.69, 9.17) is 37.9 Å². The Morgan fingerprint density at radius 1 is 0.714 bits per heavy atom. The first kappa shape index (κ1) is 42.2. The molecule has 2 aromatic rings. The number of carbonyl (C=O) groups excluding carboxylic acids is 1. The van der Waals surface area contributed by atoms with E-state index in [1.165, 1.54) is 32.2 Å². The molecule has 0 saturated carbocycles. The zero-order valence-electron chi connectivity index (χ0n) is 30.3. The molecule has 4 aliphatic heterocycles. The fourth-order valence-electron chi connectivity index (χ4n) is 7.14. The topological polar surface area (TPSA) is 313 Å². The molecule has 0 spiro atoms. The second-order valence-electron chi connectivity index (χ2n) is 14.2. The van der Waals surface area contributed by atoms with Crippen molar-refractivity contribution in [3.05, 3.63) is 41.5 Å². The van der Waals surface area contributed by atoms with Gasteiger partial charge in [0.2, 0.25) is 6.29 Å². The lowest BCUT2D eigenvalue weighted by atomic mass is 9.89. The van der Waals surface area contributed by atoms with Crippen LogP contribution in [0.25, 0.3) is 0 Å². The highest BCUT2D eigenvalue weighted by Crippen LogP contribution is 2.44. The molecule has 20 heteroatoms. The summed E-state index contributed by atoms with van der Waals surface area (Å²) >= 11 is 0. The third-order valence-electron chi connectivity index (χ3n) is 10.5. The van der Waals surface area contributed by atoms with Crippen molar-refractivity contribution in [2.45, 2.75) is 105 Å². The van der Waals surface area contributed by atoms with Gasteiger partial charge in [-0.3, -0.25) is 4.79 Å². The Hall–Kier alpha value is -3.45. The van der Waals surface area contributed by atoms with Gasteiger partial charge < -0.3 is 94.1 Å². The number of ether oxygens (including phenoxy) is 8. The summed E-state index contributed by atoms with van der Waals surface area (Å²) in [7, 11) is 1.38. The molecule has 3 saturated heterocycles. The van der Waals surface area contributed by atoms with Gasteiger partial charge in [-0.15, -0.1) is 0 Å². The smallest absolute Gasteiger partial charge is 0.229 e. The van der Waals surface area contributed by atoms with Crippen LogP contribution in [0.4, 0.5) is 0 Å². The molecule has 4 heterocycles. The van der Waals surface area contributed by atoms with E-state index >= 15 is 0 Å². The number of carbonyl (C=O) groups is 1. The molecule has 0 radical (unpaired) electrons. The Kier molecular flexibility index (Phi) is 13.2. The fourth-order valence-corrected chi connectivity index (χ4v) is 7.14. The van der Waals surface area contributed by atoms with Crippen LogP contribution in [0.5, 0.6) is 28.7 Å². The monoisotopic (exact) mass is 800 g/mol. The average molecular weight is 801 g/mol. The molecule has 312 valence electrons. The van der Waals surface area contributed by atoms with Crippen LogP contribution in [0.15, 0.2) is 30.3 Å². The maximum Gasteiger partial charge on any atom is 0.229 e. The normalized spacial score (nSPS) is 38.7. The van der Waals surface area contributed by atoms with Crippen molar-refractivity contribution in [3.63, 3.8) is 0 Å². The number of hydrogen-bond donors (Lipinski definition) is 11. The Morgan fingerprint density at radius 3 is 2.11 bits per heavy atom. The molecule has 56 heavy (non-hydrogen) atoms. The minimum Gasteiger partial charge on any atom is -0.507 e. The number of methoxy groups -OCH3 is 1. The highest BCUT2D eigenvalue weighted by molar-refractivity contribution is 6.02. The average Bonchev–Trinajstić information content (AvgIpc) is 3.17. The predicted molar refractivity (Wildman–Crippen MR) is 183 cm³/mol. The number of ketones is 1. The van der Waals surface area contributed by atoms with Crippen molar-refractivity contribution in [1.29, 1.82) is 0 Å². The number of rotatable bonds is 12. The van der Waals surface area contributed by atoms with Crippen molar-refractivity contribution >= 4 is 5.78 Å². The van der Waals surface area contributed by atoms with E-state index in [2.05, 4.69) is 0 Å².